The number of nitro benzene ring substituents is 1. The Kier molecular flexibility index (Phi) is 4.17. The quantitative estimate of drug-likeness (QED) is 0.447. The minimum Gasteiger partial charge on any atom is -0.466 e. The average molecular weight is 234 g/mol. The van der Waals surface area contributed by atoms with Crippen LogP contribution in [0, 0.1) is 21.4 Å². The summed E-state index contributed by atoms with van der Waals surface area (Å²) in [5, 5.41) is 19.4. The number of hydrogen-bond donors (Lipinski definition) is 0. The van der Waals surface area contributed by atoms with Gasteiger partial charge in [0.1, 0.15) is 0 Å². The summed E-state index contributed by atoms with van der Waals surface area (Å²) in [4.78, 5) is 20.8. The van der Waals surface area contributed by atoms with Crippen LogP contribution < -0.4 is 0 Å². The maximum absolute atomic E-state index is 10.8. The highest BCUT2D eigenvalue weighted by atomic mass is 16.6. The molecule has 0 atom stereocenters. The second-order valence-electron chi connectivity index (χ2n) is 3.30. The number of nitriles is 1. The van der Waals surface area contributed by atoms with Gasteiger partial charge in [-0.05, 0) is 6.07 Å². The Morgan fingerprint density at radius 1 is 1.59 bits per heavy atom. The molecule has 88 valence electrons. The average Bonchev–Trinajstić information content (AvgIpc) is 2.28. The molecule has 0 aromatic heterocycles. The largest absolute Gasteiger partial charge is 0.466 e. The topological polar surface area (TPSA) is 93.2 Å². The van der Waals surface area contributed by atoms with Crippen molar-refractivity contribution in [2.75, 3.05) is 6.61 Å². The summed E-state index contributed by atoms with van der Waals surface area (Å²) in [7, 11) is 0. The highest BCUT2D eigenvalue weighted by Gasteiger charge is 2.14. The smallest absolute Gasteiger partial charge is 0.302 e. The van der Waals surface area contributed by atoms with Gasteiger partial charge in [-0.3, -0.25) is 14.9 Å². The van der Waals surface area contributed by atoms with Gasteiger partial charge in [0.15, 0.2) is 0 Å². The van der Waals surface area contributed by atoms with E-state index in [1.54, 1.807) is 0 Å². The lowest BCUT2D eigenvalue weighted by atomic mass is 10.1. The highest BCUT2D eigenvalue weighted by Crippen LogP contribution is 2.20. The van der Waals surface area contributed by atoms with Crippen molar-refractivity contribution >= 4 is 11.7 Å². The number of hydrogen-bond acceptors (Lipinski definition) is 5. The van der Waals surface area contributed by atoms with Crippen LogP contribution in [0.15, 0.2) is 18.2 Å². The summed E-state index contributed by atoms with van der Waals surface area (Å²) < 4.78 is 4.71. The van der Waals surface area contributed by atoms with Gasteiger partial charge >= 0.3 is 5.97 Å². The maximum Gasteiger partial charge on any atom is 0.302 e. The summed E-state index contributed by atoms with van der Waals surface area (Å²) in [6.07, 6.45) is 0.252. The van der Waals surface area contributed by atoms with Gasteiger partial charge in [-0.15, -0.1) is 0 Å². The van der Waals surface area contributed by atoms with E-state index in [1.165, 1.54) is 25.1 Å². The molecule has 0 radical (unpaired) electrons. The van der Waals surface area contributed by atoms with E-state index in [2.05, 4.69) is 0 Å². The van der Waals surface area contributed by atoms with Gasteiger partial charge in [-0.1, -0.05) is 6.07 Å². The van der Waals surface area contributed by atoms with Crippen LogP contribution in [0.5, 0.6) is 0 Å². The molecule has 1 rings (SSSR count). The van der Waals surface area contributed by atoms with Crippen molar-refractivity contribution in [1.82, 2.24) is 0 Å². The Morgan fingerprint density at radius 3 is 2.82 bits per heavy atom. The molecule has 0 unspecified atom stereocenters. The molecule has 0 fully saturated rings. The lowest BCUT2D eigenvalue weighted by Gasteiger charge is -2.03. The normalized spacial score (nSPS) is 9.41. The fourth-order valence-electron chi connectivity index (χ4n) is 1.32. The fourth-order valence-corrected chi connectivity index (χ4v) is 1.32. The molecule has 0 heterocycles. The molecule has 0 N–H and O–H groups in total. The summed E-state index contributed by atoms with van der Waals surface area (Å²) >= 11 is 0. The van der Waals surface area contributed by atoms with E-state index in [0.717, 1.165) is 0 Å². The standard InChI is InChI=1S/C11H10N2O4/c1-8(14)17-5-4-10-3-2-9(7-12)6-11(10)13(15)16/h2-3,6H,4-5H2,1H3. The van der Waals surface area contributed by atoms with Gasteiger partial charge in [0.05, 0.1) is 23.2 Å². The first kappa shape index (κ1) is 12.6. The SMILES string of the molecule is CC(=O)OCCc1ccc(C#N)cc1[N+](=O)[O-]. The molecular formula is C11H10N2O4. The minimum atomic E-state index is -0.552. The monoisotopic (exact) mass is 234 g/mol. The number of ether oxygens (including phenoxy) is 1. The third kappa shape index (κ3) is 3.57. The summed E-state index contributed by atoms with van der Waals surface area (Å²) in [6, 6.07) is 6.04. The number of benzene rings is 1. The van der Waals surface area contributed by atoms with Gasteiger partial charge in [0.2, 0.25) is 0 Å². The van der Waals surface area contributed by atoms with Crippen LogP contribution in [0.2, 0.25) is 0 Å². The van der Waals surface area contributed by atoms with Gasteiger partial charge < -0.3 is 4.74 Å². The number of nitrogens with zero attached hydrogens (tertiary/aromatic N) is 2. The molecule has 17 heavy (non-hydrogen) atoms. The van der Waals surface area contributed by atoms with Crippen molar-refractivity contribution in [2.24, 2.45) is 0 Å². The lowest BCUT2D eigenvalue weighted by Crippen LogP contribution is -2.05. The molecule has 0 saturated heterocycles. The Labute approximate surface area is 97.6 Å². The third-order valence-electron chi connectivity index (χ3n) is 2.09. The van der Waals surface area contributed by atoms with Crippen LogP contribution in [0.1, 0.15) is 18.1 Å². The van der Waals surface area contributed by atoms with Crippen molar-refractivity contribution in [2.45, 2.75) is 13.3 Å². The summed E-state index contributed by atoms with van der Waals surface area (Å²) in [5.74, 6) is -0.429. The zero-order valence-electron chi connectivity index (χ0n) is 9.17. The van der Waals surface area contributed by atoms with Crippen LogP contribution in [-0.2, 0) is 16.0 Å². The minimum absolute atomic E-state index is 0.0854. The molecule has 1 aromatic rings. The molecule has 0 spiro atoms. The zero-order valence-corrected chi connectivity index (χ0v) is 9.17. The predicted octanol–water partition coefficient (Wildman–Crippen LogP) is 1.57. The van der Waals surface area contributed by atoms with E-state index in [-0.39, 0.29) is 24.3 Å². The molecule has 0 saturated carbocycles. The maximum atomic E-state index is 10.8. The first-order chi connectivity index (χ1) is 8.04. The molecule has 1 aromatic carbocycles. The number of rotatable bonds is 4. The Hall–Kier alpha value is -2.42. The molecule has 0 amide bonds. The van der Waals surface area contributed by atoms with Gasteiger partial charge in [0, 0.05) is 25.0 Å². The fraction of sp³-hybridized carbons (Fsp3) is 0.273. The molecule has 6 heteroatoms. The van der Waals surface area contributed by atoms with Crippen LogP contribution in [0.3, 0.4) is 0 Å². The predicted molar refractivity (Wildman–Crippen MR) is 58.1 cm³/mol. The second-order valence-corrected chi connectivity index (χ2v) is 3.30. The van der Waals surface area contributed by atoms with E-state index in [4.69, 9.17) is 10.00 Å². The third-order valence-corrected chi connectivity index (χ3v) is 2.09. The van der Waals surface area contributed by atoms with Crippen molar-refractivity contribution in [1.29, 1.82) is 5.26 Å². The number of carbonyl (C=O) groups is 1. The van der Waals surface area contributed by atoms with Crippen LogP contribution in [0.4, 0.5) is 5.69 Å². The molecule has 0 aliphatic rings. The summed E-state index contributed by atoms with van der Waals surface area (Å²) in [5.41, 5.74) is 0.541. The van der Waals surface area contributed by atoms with E-state index in [0.29, 0.717) is 5.56 Å². The number of nitro groups is 1. The lowest BCUT2D eigenvalue weighted by molar-refractivity contribution is -0.385. The molecule has 0 aliphatic carbocycles. The van der Waals surface area contributed by atoms with E-state index < -0.39 is 10.9 Å². The Bertz CT molecular complexity index is 491. The van der Waals surface area contributed by atoms with Crippen molar-refractivity contribution in [3.63, 3.8) is 0 Å². The van der Waals surface area contributed by atoms with E-state index in [9.17, 15) is 14.9 Å². The van der Waals surface area contributed by atoms with Crippen molar-refractivity contribution in [3.05, 3.63) is 39.4 Å². The highest BCUT2D eigenvalue weighted by molar-refractivity contribution is 5.65. The molecule has 0 aliphatic heterocycles. The van der Waals surface area contributed by atoms with Crippen LogP contribution in [-0.4, -0.2) is 17.5 Å². The van der Waals surface area contributed by atoms with Gasteiger partial charge in [-0.2, -0.15) is 5.26 Å². The second kappa shape index (κ2) is 5.61. The summed E-state index contributed by atoms with van der Waals surface area (Å²) in [6.45, 7) is 1.36. The van der Waals surface area contributed by atoms with Gasteiger partial charge in [0.25, 0.3) is 5.69 Å². The number of esters is 1. The first-order valence-electron chi connectivity index (χ1n) is 4.85. The van der Waals surface area contributed by atoms with Gasteiger partial charge in [-0.25, -0.2) is 0 Å². The molecule has 6 nitrogen and oxygen atoms in total. The van der Waals surface area contributed by atoms with Crippen LogP contribution in [0.25, 0.3) is 0 Å². The Morgan fingerprint density at radius 2 is 2.29 bits per heavy atom. The van der Waals surface area contributed by atoms with Crippen molar-refractivity contribution in [3.8, 4) is 6.07 Å². The molecular weight excluding hydrogens is 224 g/mol. The van der Waals surface area contributed by atoms with E-state index in [1.807, 2.05) is 6.07 Å². The first-order valence-corrected chi connectivity index (χ1v) is 4.85. The van der Waals surface area contributed by atoms with Crippen molar-refractivity contribution < 1.29 is 14.5 Å². The van der Waals surface area contributed by atoms with E-state index >= 15 is 0 Å². The number of carbonyl (C=O) groups excluding carboxylic acids is 1. The zero-order chi connectivity index (χ0) is 12.8. The van der Waals surface area contributed by atoms with Crippen LogP contribution >= 0.6 is 0 Å². The molecule has 0 bridgehead atoms. The Balaban J connectivity index is 2.88.